The Kier molecular flexibility index (Phi) is 33.6. The molecule has 0 aliphatic heterocycles. The SMILES string of the molecule is Cc1cc(Nc2nc(NC(C)(C)C)ncc2C)ccc1Cl.Cc1ccc(Nc2nc(NC(C)(C)C)ncc2C)cc1.Cc1cnc(NC(C)(C)C)nc1Nc1ccc(Cl)c(F)c1.Cc1cnc(NC(C)(C)C)nc1Nc1ccc(Cl)cc1.Cc1cnc(NC(C)(C)C)nc1Nc1ccc2sccc2c1.Cc1cnc(NC(C)(C)C)nc1Nc1ccccc1. The van der Waals surface area contributed by atoms with E-state index in [2.05, 4.69) is 276 Å². The summed E-state index contributed by atoms with van der Waals surface area (Å²) in [7, 11) is 0. The van der Waals surface area contributed by atoms with Crippen molar-refractivity contribution in [3.05, 3.63) is 247 Å². The average molecular weight is 1740 g/mol. The van der Waals surface area contributed by atoms with Gasteiger partial charge in [-0.05, 0) is 306 Å². The fourth-order valence-electron chi connectivity index (χ4n) is 10.6. The van der Waals surface area contributed by atoms with Gasteiger partial charge < -0.3 is 63.8 Å². The standard InChI is InChI=1S/C17H20N4S.C16H21ClN4.C16H22N4.C15H18ClFN4.C15H19ClN4.C15H20N4/c1-11-10-18-16(21-17(2,3)4)20-15(11)19-13-5-6-14-12(9-13)7-8-22-14;1-10-8-12(6-7-13(10)17)19-14-11(2)9-18-15(20-14)21-16(3,4)5;1-11-6-8-13(9-7-11)18-14-12(2)10-17-15(19-14)20-16(3,4)5;1-9-8-18-14(21-15(2,3)4)20-13(9)19-10-5-6-11(16)12(17)7-10;1-10-9-17-14(20-15(2,3)4)19-13(10)18-12-7-5-11(16)6-8-12;1-11-10-16-14(19-15(2,3)4)18-13(11)17-12-8-6-5-7-9-12/h5-10H,1-4H3,(H2,18,19,20,21);6-9H,1-5H3,(H2,18,19,20,21);6-10H,1-5H3,(H2,17,18,19,20);5-8H,1-4H3,(H2,18,19,20,21);5-9H,1-4H3,(H2,17,18,19,20);5-10H,1-4H3,(H2,16,17,18,19). The van der Waals surface area contributed by atoms with Crippen molar-refractivity contribution < 1.29 is 4.39 Å². The Hall–Kier alpha value is -11.8. The van der Waals surface area contributed by atoms with Crippen molar-refractivity contribution in [3.8, 4) is 0 Å². The Balaban J connectivity index is 0.000000183. The minimum absolute atomic E-state index is 0.0563. The maximum absolute atomic E-state index is 13.5. The third-order valence-corrected chi connectivity index (χ3v) is 18.4. The summed E-state index contributed by atoms with van der Waals surface area (Å²) in [6, 6.07) is 44.6. The summed E-state index contributed by atoms with van der Waals surface area (Å²) >= 11 is 19.4. The van der Waals surface area contributed by atoms with Gasteiger partial charge in [-0.25, -0.2) is 34.3 Å². The molecule has 0 unspecified atom stereocenters. The van der Waals surface area contributed by atoms with Crippen LogP contribution in [-0.4, -0.2) is 93.0 Å². The molecule has 7 heterocycles. The van der Waals surface area contributed by atoms with E-state index in [4.69, 9.17) is 34.8 Å². The monoisotopic (exact) mass is 1740 g/mol. The zero-order chi connectivity index (χ0) is 90.4. The maximum Gasteiger partial charge on any atom is 0.225 e. The fourth-order valence-corrected chi connectivity index (χ4v) is 11.8. The number of anilines is 18. The van der Waals surface area contributed by atoms with Gasteiger partial charge in [0.05, 0.1) is 5.02 Å². The van der Waals surface area contributed by atoms with Crippen molar-refractivity contribution in [3.63, 3.8) is 0 Å². The van der Waals surface area contributed by atoms with Gasteiger partial charge in [0.15, 0.2) is 0 Å². The third-order valence-electron chi connectivity index (χ3n) is 16.5. The number of halogens is 4. The first kappa shape index (κ1) is 96.6. The molecule has 12 N–H and O–H groups in total. The van der Waals surface area contributed by atoms with Gasteiger partial charge in [-0.15, -0.1) is 11.3 Å². The molecule has 24 nitrogen and oxygen atoms in total. The lowest BCUT2D eigenvalue weighted by Crippen LogP contribution is -2.27. The lowest BCUT2D eigenvalue weighted by molar-refractivity contribution is 0.625. The molecule has 6 aromatic carbocycles. The van der Waals surface area contributed by atoms with E-state index in [0.29, 0.717) is 52.2 Å². The van der Waals surface area contributed by atoms with E-state index in [1.54, 1.807) is 29.8 Å². The van der Waals surface area contributed by atoms with Gasteiger partial charge in [-0.1, -0.05) is 70.7 Å². The molecule has 0 saturated heterocycles. The quantitative estimate of drug-likeness (QED) is 0.0380. The Morgan fingerprint density at radius 3 is 0.854 bits per heavy atom. The van der Waals surface area contributed by atoms with Crippen molar-refractivity contribution in [2.75, 3.05) is 63.8 Å². The second-order valence-corrected chi connectivity index (χ2v) is 38.1. The molecule has 0 spiro atoms. The Bertz CT molecular complexity index is 5380. The summed E-state index contributed by atoms with van der Waals surface area (Å²) < 4.78 is 14.8. The summed E-state index contributed by atoms with van der Waals surface area (Å²) in [4.78, 5) is 52.9. The Morgan fingerprint density at radius 1 is 0.276 bits per heavy atom. The summed E-state index contributed by atoms with van der Waals surface area (Å²) in [5, 5.41) is 44.2. The number of para-hydroxylation sites is 1. The molecule has 7 aromatic heterocycles. The van der Waals surface area contributed by atoms with Crippen LogP contribution in [0.5, 0.6) is 0 Å². The normalized spacial score (nSPS) is 11.3. The van der Waals surface area contributed by atoms with Crippen LogP contribution in [0.25, 0.3) is 10.1 Å². The van der Waals surface area contributed by atoms with Gasteiger partial charge in [0.25, 0.3) is 0 Å². The number of nitrogens with one attached hydrogen (secondary N) is 12. The highest BCUT2D eigenvalue weighted by atomic mass is 35.5. The first-order chi connectivity index (χ1) is 57.5. The van der Waals surface area contributed by atoms with Gasteiger partial charge in [-0.2, -0.15) is 29.9 Å². The summed E-state index contributed by atoms with van der Waals surface area (Å²) in [5.41, 5.74) is 13.3. The van der Waals surface area contributed by atoms with Crippen LogP contribution < -0.4 is 63.8 Å². The van der Waals surface area contributed by atoms with Crippen molar-refractivity contribution in [2.45, 2.75) is 213 Å². The minimum Gasteiger partial charge on any atom is -0.350 e. The second-order valence-electron chi connectivity index (χ2n) is 35.9. The summed E-state index contributed by atoms with van der Waals surface area (Å²) in [6.07, 6.45) is 10.8. The number of thiophene rings is 1. The predicted molar refractivity (Wildman–Crippen MR) is 519 cm³/mol. The average Bonchev–Trinajstić information content (AvgIpc) is 1.80. The number of aromatic nitrogens is 12. The zero-order valence-electron chi connectivity index (χ0n) is 75.6. The molecule has 0 atom stereocenters. The number of hydrogen-bond donors (Lipinski definition) is 12. The van der Waals surface area contributed by atoms with Crippen LogP contribution in [0.2, 0.25) is 15.1 Å². The van der Waals surface area contributed by atoms with Gasteiger partial charge >= 0.3 is 0 Å². The Morgan fingerprint density at radius 2 is 0.545 bits per heavy atom. The van der Waals surface area contributed by atoms with Crippen molar-refractivity contribution in [2.24, 2.45) is 0 Å². The van der Waals surface area contributed by atoms with Gasteiger partial charge in [0, 0.05) is 153 Å². The molecule has 0 radical (unpaired) electrons. The third kappa shape index (κ3) is 34.5. The second kappa shape index (κ2) is 42.8. The molecule has 650 valence electrons. The largest absolute Gasteiger partial charge is 0.350 e. The molecule has 13 aromatic rings. The fraction of sp³-hybridized carbons (Fsp3) is 0.340. The van der Waals surface area contributed by atoms with Crippen molar-refractivity contribution >= 4 is 161 Å². The number of nitrogens with zero attached hydrogens (tertiary/aromatic N) is 12. The molecule has 0 aliphatic rings. The van der Waals surface area contributed by atoms with Gasteiger partial charge in [0.2, 0.25) is 35.7 Å². The number of fused-ring (bicyclic) bond motifs is 1. The van der Waals surface area contributed by atoms with Crippen LogP contribution in [0, 0.1) is 61.2 Å². The Labute approximate surface area is 744 Å². The highest BCUT2D eigenvalue weighted by molar-refractivity contribution is 7.17. The number of rotatable bonds is 18. The molecular weight excluding hydrogens is 1620 g/mol. The number of benzene rings is 6. The molecule has 0 amide bonds. The zero-order valence-corrected chi connectivity index (χ0v) is 78.7. The first-order valence-corrected chi connectivity index (χ1v) is 42.4. The molecule has 0 bridgehead atoms. The lowest BCUT2D eigenvalue weighted by Gasteiger charge is -2.21. The number of hydrogen-bond acceptors (Lipinski definition) is 25. The van der Waals surface area contributed by atoms with E-state index < -0.39 is 5.82 Å². The van der Waals surface area contributed by atoms with E-state index in [1.807, 2.05) is 179 Å². The smallest absolute Gasteiger partial charge is 0.225 e. The van der Waals surface area contributed by atoms with Crippen LogP contribution in [-0.2, 0) is 0 Å². The molecule has 0 aliphatic carbocycles. The van der Waals surface area contributed by atoms with Crippen LogP contribution in [0.3, 0.4) is 0 Å². The minimum atomic E-state index is -0.471. The van der Waals surface area contributed by atoms with E-state index in [1.165, 1.54) is 27.8 Å². The van der Waals surface area contributed by atoms with Crippen LogP contribution in [0.4, 0.5) is 109 Å². The molecule has 0 fully saturated rings. The van der Waals surface area contributed by atoms with E-state index in [-0.39, 0.29) is 38.3 Å². The van der Waals surface area contributed by atoms with E-state index in [9.17, 15) is 4.39 Å². The summed E-state index contributed by atoms with van der Waals surface area (Å²) in [5.74, 6) is 7.87. The van der Waals surface area contributed by atoms with Crippen LogP contribution in [0.15, 0.2) is 182 Å². The summed E-state index contributed by atoms with van der Waals surface area (Å²) in [6.45, 7) is 53.2. The number of aryl methyl sites for hydroxylation is 8. The van der Waals surface area contributed by atoms with Crippen LogP contribution >= 0.6 is 46.1 Å². The van der Waals surface area contributed by atoms with Gasteiger partial charge in [-0.3, -0.25) is 0 Å². The van der Waals surface area contributed by atoms with Gasteiger partial charge in [0.1, 0.15) is 40.7 Å². The lowest BCUT2D eigenvalue weighted by atomic mass is 10.1. The van der Waals surface area contributed by atoms with E-state index in [0.717, 1.165) is 101 Å². The maximum atomic E-state index is 13.5. The molecule has 0 saturated carbocycles. The highest BCUT2D eigenvalue weighted by Crippen LogP contribution is 2.32. The topological polar surface area (TPSA) is 299 Å². The van der Waals surface area contributed by atoms with Crippen molar-refractivity contribution in [1.29, 1.82) is 0 Å². The molecule has 29 heteroatoms. The highest BCUT2D eigenvalue weighted by Gasteiger charge is 2.20. The molecule has 13 rings (SSSR count). The van der Waals surface area contributed by atoms with Crippen molar-refractivity contribution in [1.82, 2.24) is 59.8 Å². The molecule has 123 heavy (non-hydrogen) atoms. The first-order valence-electron chi connectivity index (χ1n) is 40.4. The molecular formula is C94H120Cl3FN24S. The van der Waals surface area contributed by atoms with Crippen LogP contribution in [0.1, 0.15) is 169 Å². The van der Waals surface area contributed by atoms with E-state index >= 15 is 0 Å². The predicted octanol–water partition coefficient (Wildman–Crippen LogP) is 26.4.